The van der Waals surface area contributed by atoms with E-state index in [1.165, 1.54) is 12.1 Å². The molecule has 0 spiro atoms. The highest BCUT2D eigenvalue weighted by Gasteiger charge is 2.20. The fraction of sp³-hybridized carbons (Fsp3) is 0.500. The molecule has 1 N–H and O–H groups in total. The summed E-state index contributed by atoms with van der Waals surface area (Å²) in [7, 11) is 3.73. The van der Waals surface area contributed by atoms with E-state index in [-0.39, 0.29) is 0 Å². The third-order valence-corrected chi connectivity index (χ3v) is 3.03. The van der Waals surface area contributed by atoms with Gasteiger partial charge in [-0.2, -0.15) is 0 Å². The van der Waals surface area contributed by atoms with E-state index >= 15 is 0 Å². The maximum atomic E-state index is 5.14. The van der Waals surface area contributed by atoms with Crippen LogP contribution in [0.3, 0.4) is 0 Å². The molecule has 1 heterocycles. The number of hydrogen-bond donors (Lipinski definition) is 1. The molecule has 1 aromatic carbocycles. The summed E-state index contributed by atoms with van der Waals surface area (Å²) in [5.74, 6) is 0.920. The number of likely N-dealkylation sites (N-methyl/N-ethyl adjacent to an activating group) is 1. The number of hydrogen-bond acceptors (Lipinski definition) is 3. The molecule has 1 fully saturated rings. The van der Waals surface area contributed by atoms with Gasteiger partial charge in [0, 0.05) is 24.8 Å². The number of benzene rings is 1. The molecule has 3 nitrogen and oxygen atoms in total. The van der Waals surface area contributed by atoms with Crippen molar-refractivity contribution in [3.8, 4) is 5.75 Å². The topological polar surface area (TPSA) is 24.5 Å². The minimum Gasteiger partial charge on any atom is -0.497 e. The van der Waals surface area contributed by atoms with Crippen molar-refractivity contribution in [3.63, 3.8) is 0 Å². The maximum Gasteiger partial charge on any atom is 0.119 e. The molecule has 0 saturated carbocycles. The Labute approximate surface area is 91.0 Å². The Balaban J connectivity index is 2.04. The van der Waals surface area contributed by atoms with E-state index < -0.39 is 0 Å². The Morgan fingerprint density at radius 1 is 1.33 bits per heavy atom. The first kappa shape index (κ1) is 10.3. The molecule has 0 amide bonds. The van der Waals surface area contributed by atoms with Crippen molar-refractivity contribution in [1.82, 2.24) is 5.32 Å². The lowest BCUT2D eigenvalue weighted by Gasteiger charge is -2.18. The second kappa shape index (κ2) is 4.53. The summed E-state index contributed by atoms with van der Waals surface area (Å²) >= 11 is 0. The molecule has 1 aromatic rings. The monoisotopic (exact) mass is 206 g/mol. The molecular weight excluding hydrogens is 188 g/mol. The first-order chi connectivity index (χ1) is 7.33. The number of methoxy groups -OCH3 is 1. The molecule has 1 aliphatic heterocycles. The van der Waals surface area contributed by atoms with Gasteiger partial charge >= 0.3 is 0 Å². The summed E-state index contributed by atoms with van der Waals surface area (Å²) in [5.41, 5.74) is 1.29. The second-order valence-electron chi connectivity index (χ2n) is 3.92. The minimum atomic E-state index is 0.632. The lowest BCUT2D eigenvalue weighted by atomic mass is 10.3. The molecule has 0 bridgehead atoms. The summed E-state index contributed by atoms with van der Waals surface area (Å²) in [5, 5.41) is 3.32. The Bertz CT molecular complexity index is 310. The van der Waals surface area contributed by atoms with Gasteiger partial charge in [-0.15, -0.1) is 0 Å². The molecule has 1 aliphatic rings. The van der Waals surface area contributed by atoms with E-state index in [1.54, 1.807) is 7.11 Å². The summed E-state index contributed by atoms with van der Waals surface area (Å²) in [4.78, 5) is 2.40. The fourth-order valence-electron chi connectivity index (χ4n) is 2.02. The van der Waals surface area contributed by atoms with Crippen LogP contribution in [0.5, 0.6) is 5.75 Å². The first-order valence-electron chi connectivity index (χ1n) is 5.39. The van der Waals surface area contributed by atoms with Crippen LogP contribution >= 0.6 is 0 Å². The van der Waals surface area contributed by atoms with Gasteiger partial charge in [0.05, 0.1) is 7.11 Å². The van der Waals surface area contributed by atoms with Gasteiger partial charge in [-0.1, -0.05) is 0 Å². The number of ether oxygens (including phenoxy) is 1. The standard InChI is InChI=1S/C12H18N2O/c1-13-10-7-8-14(9-10)11-3-5-12(15-2)6-4-11/h3-6,10,13H,7-9H2,1-2H3. The lowest BCUT2D eigenvalue weighted by Crippen LogP contribution is -2.29. The number of rotatable bonds is 3. The van der Waals surface area contributed by atoms with E-state index in [2.05, 4.69) is 22.3 Å². The van der Waals surface area contributed by atoms with Crippen LogP contribution in [-0.2, 0) is 0 Å². The van der Waals surface area contributed by atoms with Gasteiger partial charge in [0.25, 0.3) is 0 Å². The Kier molecular flexibility index (Phi) is 3.11. The summed E-state index contributed by atoms with van der Waals surface area (Å²) in [6.45, 7) is 2.24. The van der Waals surface area contributed by atoms with Gasteiger partial charge in [0.2, 0.25) is 0 Å². The molecule has 3 heteroatoms. The SMILES string of the molecule is CNC1CCN(c2ccc(OC)cc2)C1. The summed E-state index contributed by atoms with van der Waals surface area (Å²) in [6, 6.07) is 8.91. The molecule has 0 radical (unpaired) electrons. The maximum absolute atomic E-state index is 5.14. The van der Waals surface area contributed by atoms with Crippen LogP contribution in [0.15, 0.2) is 24.3 Å². The molecule has 15 heavy (non-hydrogen) atoms. The predicted octanol–water partition coefficient (Wildman–Crippen LogP) is 1.49. The molecular formula is C12H18N2O. The van der Waals surface area contributed by atoms with E-state index in [0.29, 0.717) is 6.04 Å². The third-order valence-electron chi connectivity index (χ3n) is 3.03. The lowest BCUT2D eigenvalue weighted by molar-refractivity contribution is 0.415. The number of nitrogens with zero attached hydrogens (tertiary/aromatic N) is 1. The quantitative estimate of drug-likeness (QED) is 0.811. The molecule has 0 aromatic heterocycles. The van der Waals surface area contributed by atoms with Crippen LogP contribution in [0.25, 0.3) is 0 Å². The fourth-order valence-corrected chi connectivity index (χ4v) is 2.02. The molecule has 1 saturated heterocycles. The highest BCUT2D eigenvalue weighted by molar-refractivity contribution is 5.50. The zero-order valence-corrected chi connectivity index (χ0v) is 9.36. The molecule has 1 unspecified atom stereocenters. The largest absolute Gasteiger partial charge is 0.497 e. The summed E-state index contributed by atoms with van der Waals surface area (Å²) in [6.07, 6.45) is 1.22. The Hall–Kier alpha value is -1.22. The molecule has 82 valence electrons. The smallest absolute Gasteiger partial charge is 0.119 e. The average molecular weight is 206 g/mol. The van der Waals surface area contributed by atoms with Gasteiger partial charge in [-0.05, 0) is 37.7 Å². The zero-order valence-electron chi connectivity index (χ0n) is 9.36. The minimum absolute atomic E-state index is 0.632. The Morgan fingerprint density at radius 3 is 2.60 bits per heavy atom. The van der Waals surface area contributed by atoms with E-state index in [4.69, 9.17) is 4.74 Å². The molecule has 2 rings (SSSR count). The van der Waals surface area contributed by atoms with E-state index in [0.717, 1.165) is 18.8 Å². The van der Waals surface area contributed by atoms with Crippen LogP contribution in [0.1, 0.15) is 6.42 Å². The first-order valence-corrected chi connectivity index (χ1v) is 5.39. The van der Waals surface area contributed by atoms with Crippen LogP contribution in [0.2, 0.25) is 0 Å². The average Bonchev–Trinajstić information content (AvgIpc) is 2.78. The van der Waals surface area contributed by atoms with Crippen molar-refractivity contribution in [3.05, 3.63) is 24.3 Å². The van der Waals surface area contributed by atoms with Crippen LogP contribution in [0.4, 0.5) is 5.69 Å². The highest BCUT2D eigenvalue weighted by Crippen LogP contribution is 2.22. The zero-order chi connectivity index (χ0) is 10.7. The molecule has 0 aliphatic carbocycles. The van der Waals surface area contributed by atoms with Gasteiger partial charge in [-0.25, -0.2) is 0 Å². The normalized spacial score (nSPS) is 20.7. The van der Waals surface area contributed by atoms with Crippen LogP contribution < -0.4 is 15.0 Å². The van der Waals surface area contributed by atoms with Gasteiger partial charge < -0.3 is 15.0 Å². The number of nitrogens with one attached hydrogen (secondary N) is 1. The third kappa shape index (κ3) is 2.23. The van der Waals surface area contributed by atoms with Crippen molar-refractivity contribution in [2.24, 2.45) is 0 Å². The number of anilines is 1. The van der Waals surface area contributed by atoms with E-state index in [1.807, 2.05) is 19.2 Å². The van der Waals surface area contributed by atoms with Crippen molar-refractivity contribution < 1.29 is 4.74 Å². The van der Waals surface area contributed by atoms with Gasteiger partial charge in [-0.3, -0.25) is 0 Å². The van der Waals surface area contributed by atoms with Crippen molar-refractivity contribution in [2.75, 3.05) is 32.1 Å². The predicted molar refractivity (Wildman–Crippen MR) is 62.7 cm³/mol. The van der Waals surface area contributed by atoms with Crippen molar-refractivity contribution in [1.29, 1.82) is 0 Å². The second-order valence-corrected chi connectivity index (χ2v) is 3.92. The highest BCUT2D eigenvalue weighted by atomic mass is 16.5. The summed E-state index contributed by atoms with van der Waals surface area (Å²) < 4.78 is 5.14. The Morgan fingerprint density at radius 2 is 2.07 bits per heavy atom. The van der Waals surface area contributed by atoms with E-state index in [9.17, 15) is 0 Å². The molecule has 1 atom stereocenters. The van der Waals surface area contributed by atoms with Crippen molar-refractivity contribution >= 4 is 5.69 Å². The van der Waals surface area contributed by atoms with Crippen LogP contribution in [-0.4, -0.2) is 33.3 Å². The van der Waals surface area contributed by atoms with Crippen LogP contribution in [0, 0.1) is 0 Å². The van der Waals surface area contributed by atoms with Crippen molar-refractivity contribution in [2.45, 2.75) is 12.5 Å². The van der Waals surface area contributed by atoms with Gasteiger partial charge in [0.1, 0.15) is 5.75 Å². The van der Waals surface area contributed by atoms with Gasteiger partial charge in [0.15, 0.2) is 0 Å².